The summed E-state index contributed by atoms with van der Waals surface area (Å²) in [6.45, 7) is 2.91. The van der Waals surface area contributed by atoms with Gasteiger partial charge >= 0.3 is 0 Å². The number of imidazole rings is 1. The van der Waals surface area contributed by atoms with Crippen molar-refractivity contribution in [2.45, 2.75) is 24.9 Å². The van der Waals surface area contributed by atoms with Gasteiger partial charge in [-0.15, -0.1) is 12.6 Å². The van der Waals surface area contributed by atoms with Crippen LogP contribution in [0.4, 0.5) is 0 Å². The maximum absolute atomic E-state index is 5.58. The first-order valence-corrected chi connectivity index (χ1v) is 5.56. The Morgan fingerprint density at radius 3 is 3.13 bits per heavy atom. The first kappa shape index (κ1) is 10.4. The van der Waals surface area contributed by atoms with Crippen molar-refractivity contribution in [3.8, 4) is 5.75 Å². The van der Waals surface area contributed by atoms with E-state index in [0.29, 0.717) is 5.16 Å². The van der Waals surface area contributed by atoms with E-state index in [9.17, 15) is 0 Å². The molecular weight excluding hydrogens is 208 g/mol. The molecule has 0 aliphatic rings. The van der Waals surface area contributed by atoms with E-state index in [1.807, 2.05) is 18.2 Å². The summed E-state index contributed by atoms with van der Waals surface area (Å²) in [6, 6.07) is 5.84. The van der Waals surface area contributed by atoms with Crippen molar-refractivity contribution in [1.82, 2.24) is 9.97 Å². The van der Waals surface area contributed by atoms with Crippen LogP contribution in [0.15, 0.2) is 23.4 Å². The number of ether oxygens (including phenoxy) is 1. The lowest BCUT2D eigenvalue weighted by Crippen LogP contribution is -1.95. The molecule has 0 amide bonds. The van der Waals surface area contributed by atoms with Crippen LogP contribution in [0.25, 0.3) is 11.0 Å². The van der Waals surface area contributed by atoms with Gasteiger partial charge in [-0.3, -0.25) is 0 Å². The fourth-order valence-electron chi connectivity index (χ4n) is 1.40. The normalized spacial score (nSPS) is 10.8. The van der Waals surface area contributed by atoms with Crippen molar-refractivity contribution in [3.63, 3.8) is 0 Å². The predicted octanol–water partition coefficient (Wildman–Crippen LogP) is 3.03. The van der Waals surface area contributed by atoms with Crippen LogP contribution in [-0.4, -0.2) is 16.6 Å². The molecule has 3 nitrogen and oxygen atoms in total. The van der Waals surface area contributed by atoms with E-state index in [-0.39, 0.29) is 0 Å². The van der Waals surface area contributed by atoms with Gasteiger partial charge in [0.15, 0.2) is 5.16 Å². The summed E-state index contributed by atoms with van der Waals surface area (Å²) in [5.41, 5.74) is 1.89. The summed E-state index contributed by atoms with van der Waals surface area (Å²) in [7, 11) is 0. The number of H-pyrrole nitrogens is 1. The fourth-order valence-corrected chi connectivity index (χ4v) is 1.62. The van der Waals surface area contributed by atoms with Crippen LogP contribution in [0.3, 0.4) is 0 Å². The molecule has 0 bridgehead atoms. The Kier molecular flexibility index (Phi) is 3.16. The van der Waals surface area contributed by atoms with Crippen molar-refractivity contribution in [2.75, 3.05) is 6.61 Å². The highest BCUT2D eigenvalue weighted by Gasteiger charge is 2.01. The van der Waals surface area contributed by atoms with E-state index in [0.717, 1.165) is 36.2 Å². The van der Waals surface area contributed by atoms with Gasteiger partial charge in [0.2, 0.25) is 0 Å². The van der Waals surface area contributed by atoms with Gasteiger partial charge in [0.05, 0.1) is 17.6 Å². The van der Waals surface area contributed by atoms with E-state index in [1.54, 1.807) is 0 Å². The Balaban J connectivity index is 2.15. The summed E-state index contributed by atoms with van der Waals surface area (Å²) in [5, 5.41) is 0.635. The molecule has 0 aliphatic heterocycles. The number of rotatable bonds is 4. The third kappa shape index (κ3) is 2.45. The quantitative estimate of drug-likeness (QED) is 0.616. The molecule has 0 saturated heterocycles. The highest BCUT2D eigenvalue weighted by atomic mass is 32.1. The van der Waals surface area contributed by atoms with Crippen molar-refractivity contribution >= 4 is 23.7 Å². The van der Waals surface area contributed by atoms with Crippen molar-refractivity contribution < 1.29 is 4.74 Å². The molecule has 0 fully saturated rings. The molecule has 2 rings (SSSR count). The number of aromatic amines is 1. The number of aromatic nitrogens is 2. The Hall–Kier alpha value is -1.16. The molecule has 2 aromatic rings. The zero-order valence-electron chi connectivity index (χ0n) is 8.66. The van der Waals surface area contributed by atoms with Crippen molar-refractivity contribution in [2.24, 2.45) is 0 Å². The van der Waals surface area contributed by atoms with Crippen LogP contribution >= 0.6 is 12.6 Å². The fraction of sp³-hybridized carbons (Fsp3) is 0.364. The lowest BCUT2D eigenvalue weighted by Gasteiger charge is -2.04. The summed E-state index contributed by atoms with van der Waals surface area (Å²) in [6.07, 6.45) is 2.22. The number of hydrogen-bond donors (Lipinski definition) is 2. The van der Waals surface area contributed by atoms with Gasteiger partial charge in [-0.25, -0.2) is 4.98 Å². The molecule has 1 N–H and O–H groups in total. The number of fused-ring (bicyclic) bond motifs is 1. The zero-order chi connectivity index (χ0) is 10.7. The summed E-state index contributed by atoms with van der Waals surface area (Å²) < 4.78 is 5.58. The van der Waals surface area contributed by atoms with Crippen LogP contribution in [0, 0.1) is 0 Å². The number of nitrogens with zero attached hydrogens (tertiary/aromatic N) is 1. The third-order valence-electron chi connectivity index (χ3n) is 2.21. The summed E-state index contributed by atoms with van der Waals surface area (Å²) in [4.78, 5) is 7.28. The number of thiol groups is 1. The van der Waals surface area contributed by atoms with E-state index in [1.165, 1.54) is 0 Å². The minimum absolute atomic E-state index is 0.635. The Morgan fingerprint density at radius 1 is 1.47 bits per heavy atom. The monoisotopic (exact) mass is 222 g/mol. The number of hydrogen-bond acceptors (Lipinski definition) is 3. The summed E-state index contributed by atoms with van der Waals surface area (Å²) in [5.74, 6) is 0.871. The van der Waals surface area contributed by atoms with Gasteiger partial charge in [0.1, 0.15) is 5.75 Å². The molecule has 0 spiro atoms. The van der Waals surface area contributed by atoms with Crippen LogP contribution in [0.1, 0.15) is 19.8 Å². The second-order valence-corrected chi connectivity index (χ2v) is 3.86. The first-order valence-electron chi connectivity index (χ1n) is 5.11. The first-order chi connectivity index (χ1) is 7.29. The lowest BCUT2D eigenvalue weighted by atomic mass is 10.3. The van der Waals surface area contributed by atoms with Crippen LogP contribution in [0.5, 0.6) is 5.75 Å². The second kappa shape index (κ2) is 4.57. The largest absolute Gasteiger partial charge is 0.494 e. The smallest absolute Gasteiger partial charge is 0.163 e. The van der Waals surface area contributed by atoms with Crippen LogP contribution < -0.4 is 4.74 Å². The van der Waals surface area contributed by atoms with E-state index >= 15 is 0 Å². The second-order valence-electron chi connectivity index (χ2n) is 3.44. The van der Waals surface area contributed by atoms with Crippen LogP contribution in [-0.2, 0) is 0 Å². The van der Waals surface area contributed by atoms with E-state index < -0.39 is 0 Å². The topological polar surface area (TPSA) is 37.9 Å². The average molecular weight is 222 g/mol. The van der Waals surface area contributed by atoms with Gasteiger partial charge in [0.25, 0.3) is 0 Å². The minimum Gasteiger partial charge on any atom is -0.494 e. The van der Waals surface area contributed by atoms with Gasteiger partial charge in [-0.2, -0.15) is 0 Å². The molecule has 0 unspecified atom stereocenters. The molecule has 0 radical (unpaired) electrons. The Labute approximate surface area is 94.3 Å². The molecule has 1 aromatic heterocycles. The molecule has 0 aliphatic carbocycles. The SMILES string of the molecule is CCCCOc1ccc2[nH]c(S)nc2c1. The summed E-state index contributed by atoms with van der Waals surface area (Å²) >= 11 is 4.16. The third-order valence-corrected chi connectivity index (χ3v) is 2.42. The van der Waals surface area contributed by atoms with Gasteiger partial charge in [-0.05, 0) is 18.6 Å². The lowest BCUT2D eigenvalue weighted by molar-refractivity contribution is 0.310. The Bertz CT molecular complexity index is 453. The molecule has 0 atom stereocenters. The number of benzene rings is 1. The standard InChI is InChI=1S/C11H14N2OS/c1-2-3-6-14-8-4-5-9-10(7-8)13-11(15)12-9/h4-5,7H,2-3,6H2,1H3,(H2,12,13,15). The number of nitrogens with one attached hydrogen (secondary N) is 1. The molecule has 4 heteroatoms. The maximum atomic E-state index is 5.58. The molecule has 1 heterocycles. The number of unbranched alkanes of at least 4 members (excludes halogenated alkanes) is 1. The molecular formula is C11H14N2OS. The van der Waals surface area contributed by atoms with Crippen LogP contribution in [0.2, 0.25) is 0 Å². The Morgan fingerprint density at radius 2 is 2.33 bits per heavy atom. The van der Waals surface area contributed by atoms with E-state index in [2.05, 4.69) is 29.5 Å². The van der Waals surface area contributed by atoms with Crippen molar-refractivity contribution in [1.29, 1.82) is 0 Å². The minimum atomic E-state index is 0.635. The molecule has 0 saturated carbocycles. The zero-order valence-corrected chi connectivity index (χ0v) is 9.55. The maximum Gasteiger partial charge on any atom is 0.163 e. The van der Waals surface area contributed by atoms with Gasteiger partial charge in [0, 0.05) is 6.07 Å². The van der Waals surface area contributed by atoms with E-state index in [4.69, 9.17) is 4.74 Å². The van der Waals surface area contributed by atoms with Crippen molar-refractivity contribution in [3.05, 3.63) is 18.2 Å². The van der Waals surface area contributed by atoms with Gasteiger partial charge in [-0.1, -0.05) is 13.3 Å². The highest BCUT2D eigenvalue weighted by Crippen LogP contribution is 2.20. The molecule has 15 heavy (non-hydrogen) atoms. The predicted molar refractivity (Wildman–Crippen MR) is 63.7 cm³/mol. The molecule has 1 aromatic carbocycles. The highest BCUT2D eigenvalue weighted by molar-refractivity contribution is 7.80. The average Bonchev–Trinajstić information content (AvgIpc) is 2.57. The molecule has 80 valence electrons. The van der Waals surface area contributed by atoms with Gasteiger partial charge < -0.3 is 9.72 Å².